The van der Waals surface area contributed by atoms with E-state index in [1.165, 1.54) is 0 Å². The molecule has 0 aliphatic carbocycles. The quantitative estimate of drug-likeness (QED) is 0.810. The van der Waals surface area contributed by atoms with Crippen molar-refractivity contribution < 1.29 is 5.11 Å². The Hall–Kier alpha value is -0.310. The third-order valence-electron chi connectivity index (χ3n) is 2.30. The Labute approximate surface area is 104 Å². The van der Waals surface area contributed by atoms with E-state index < -0.39 is 6.10 Å². The lowest BCUT2D eigenvalue weighted by molar-refractivity contribution is 0.177. The molecule has 0 aliphatic heterocycles. The van der Waals surface area contributed by atoms with Crippen molar-refractivity contribution in [1.29, 1.82) is 0 Å². The molecule has 1 aromatic carbocycles. The fourth-order valence-corrected chi connectivity index (χ4v) is 2.25. The van der Waals surface area contributed by atoms with Gasteiger partial charge >= 0.3 is 0 Å². The maximum atomic E-state index is 9.96. The average molecular weight is 290 g/mol. The number of benzene rings is 1. The molecular weight excluding hydrogens is 275 g/mol. The third kappa shape index (κ3) is 3.63. The summed E-state index contributed by atoms with van der Waals surface area (Å²) in [5.74, 6) is 0. The summed E-state index contributed by atoms with van der Waals surface area (Å²) in [4.78, 5) is 0. The Morgan fingerprint density at radius 2 is 2.27 bits per heavy atom. The van der Waals surface area contributed by atoms with Crippen molar-refractivity contribution in [1.82, 2.24) is 0 Å². The van der Waals surface area contributed by atoms with Gasteiger partial charge in [-0.3, -0.25) is 0 Å². The van der Waals surface area contributed by atoms with Gasteiger partial charge in [0.25, 0.3) is 0 Å². The van der Waals surface area contributed by atoms with Crippen LogP contribution in [0, 0.1) is 0 Å². The molecule has 82 valence electrons. The topological polar surface area (TPSA) is 20.2 Å². The largest absolute Gasteiger partial charge is 0.388 e. The SMILES string of the molecule is C=C(CC)CC(O)c1ccc(Cl)cc1Br. The van der Waals surface area contributed by atoms with Crippen molar-refractivity contribution in [2.75, 3.05) is 0 Å². The highest BCUT2D eigenvalue weighted by atomic mass is 79.9. The van der Waals surface area contributed by atoms with Crippen LogP contribution in [0.2, 0.25) is 5.02 Å². The molecule has 1 nitrogen and oxygen atoms in total. The molecule has 1 aromatic rings. The van der Waals surface area contributed by atoms with Crippen LogP contribution in [-0.4, -0.2) is 5.11 Å². The van der Waals surface area contributed by atoms with E-state index in [0.29, 0.717) is 11.4 Å². The molecule has 0 aliphatic rings. The van der Waals surface area contributed by atoms with Gasteiger partial charge in [-0.15, -0.1) is 0 Å². The van der Waals surface area contributed by atoms with E-state index in [0.717, 1.165) is 22.0 Å². The molecule has 0 amide bonds. The third-order valence-corrected chi connectivity index (χ3v) is 3.23. The summed E-state index contributed by atoms with van der Waals surface area (Å²) >= 11 is 9.21. The summed E-state index contributed by atoms with van der Waals surface area (Å²) in [5, 5.41) is 10.6. The number of hydrogen-bond acceptors (Lipinski definition) is 1. The van der Waals surface area contributed by atoms with Crippen LogP contribution in [0.3, 0.4) is 0 Å². The van der Waals surface area contributed by atoms with Crippen LogP contribution in [0.5, 0.6) is 0 Å². The molecule has 0 saturated carbocycles. The lowest BCUT2D eigenvalue weighted by Crippen LogP contribution is -1.99. The Morgan fingerprint density at radius 3 is 2.80 bits per heavy atom. The summed E-state index contributed by atoms with van der Waals surface area (Å²) in [5.41, 5.74) is 1.90. The minimum atomic E-state index is -0.510. The zero-order valence-corrected chi connectivity index (χ0v) is 11.0. The minimum absolute atomic E-state index is 0.510. The van der Waals surface area contributed by atoms with Gasteiger partial charge in [0.15, 0.2) is 0 Å². The summed E-state index contributed by atoms with van der Waals surface area (Å²) in [6, 6.07) is 5.40. The number of aliphatic hydroxyl groups excluding tert-OH is 1. The molecule has 0 radical (unpaired) electrons. The van der Waals surface area contributed by atoms with Gasteiger partial charge in [0.1, 0.15) is 0 Å². The molecule has 0 spiro atoms. The fraction of sp³-hybridized carbons (Fsp3) is 0.333. The molecule has 1 rings (SSSR count). The Morgan fingerprint density at radius 1 is 1.60 bits per heavy atom. The number of aliphatic hydroxyl groups is 1. The van der Waals surface area contributed by atoms with Crippen LogP contribution in [-0.2, 0) is 0 Å². The second-order valence-corrected chi connectivity index (χ2v) is 4.78. The predicted octanol–water partition coefficient (Wildman–Crippen LogP) is 4.49. The van der Waals surface area contributed by atoms with Crippen LogP contribution in [0.15, 0.2) is 34.8 Å². The van der Waals surface area contributed by atoms with Gasteiger partial charge in [-0.05, 0) is 30.5 Å². The van der Waals surface area contributed by atoms with Gasteiger partial charge in [-0.1, -0.05) is 52.7 Å². The average Bonchev–Trinajstić information content (AvgIpc) is 2.17. The molecular formula is C12H14BrClO. The second-order valence-electron chi connectivity index (χ2n) is 3.49. The van der Waals surface area contributed by atoms with Crippen molar-refractivity contribution in [3.8, 4) is 0 Å². The van der Waals surface area contributed by atoms with Crippen molar-refractivity contribution in [3.05, 3.63) is 45.4 Å². The lowest BCUT2D eigenvalue weighted by atomic mass is 10.0. The first-order chi connectivity index (χ1) is 7.04. The summed E-state index contributed by atoms with van der Waals surface area (Å²) in [7, 11) is 0. The van der Waals surface area contributed by atoms with Crippen LogP contribution < -0.4 is 0 Å². The van der Waals surface area contributed by atoms with E-state index in [-0.39, 0.29) is 0 Å². The molecule has 0 saturated heterocycles. The molecule has 1 N–H and O–H groups in total. The van der Waals surface area contributed by atoms with Gasteiger partial charge in [0.05, 0.1) is 6.10 Å². The summed E-state index contributed by atoms with van der Waals surface area (Å²) < 4.78 is 0.839. The highest BCUT2D eigenvalue weighted by Crippen LogP contribution is 2.30. The molecule has 0 fully saturated rings. The molecule has 0 aromatic heterocycles. The number of hydrogen-bond donors (Lipinski definition) is 1. The Bertz CT molecular complexity index is 363. The summed E-state index contributed by atoms with van der Waals surface area (Å²) in [6.07, 6.45) is 0.975. The van der Waals surface area contributed by atoms with Gasteiger partial charge in [-0.25, -0.2) is 0 Å². The van der Waals surface area contributed by atoms with Crippen LogP contribution in [0.25, 0.3) is 0 Å². The van der Waals surface area contributed by atoms with E-state index in [4.69, 9.17) is 11.6 Å². The maximum Gasteiger partial charge on any atom is 0.0837 e. The number of rotatable bonds is 4. The molecule has 1 atom stereocenters. The summed E-state index contributed by atoms with van der Waals surface area (Å²) in [6.45, 7) is 5.92. The zero-order chi connectivity index (χ0) is 11.4. The standard InChI is InChI=1S/C12H14BrClO/c1-3-8(2)6-12(15)10-5-4-9(14)7-11(10)13/h4-5,7,12,15H,2-3,6H2,1H3. The van der Waals surface area contributed by atoms with Crippen LogP contribution in [0.1, 0.15) is 31.4 Å². The maximum absolute atomic E-state index is 9.96. The lowest BCUT2D eigenvalue weighted by Gasteiger charge is -2.13. The minimum Gasteiger partial charge on any atom is -0.388 e. The Kier molecular flexibility index (Phi) is 4.84. The van der Waals surface area contributed by atoms with Gasteiger partial charge in [0.2, 0.25) is 0 Å². The monoisotopic (exact) mass is 288 g/mol. The first kappa shape index (κ1) is 12.8. The first-order valence-electron chi connectivity index (χ1n) is 4.84. The smallest absolute Gasteiger partial charge is 0.0837 e. The second kappa shape index (κ2) is 5.69. The van der Waals surface area contributed by atoms with Crippen molar-refractivity contribution in [3.63, 3.8) is 0 Å². The van der Waals surface area contributed by atoms with E-state index in [9.17, 15) is 5.11 Å². The molecule has 0 bridgehead atoms. The van der Waals surface area contributed by atoms with E-state index in [1.54, 1.807) is 12.1 Å². The number of halogens is 2. The zero-order valence-electron chi connectivity index (χ0n) is 8.63. The van der Waals surface area contributed by atoms with Gasteiger partial charge < -0.3 is 5.11 Å². The molecule has 1 unspecified atom stereocenters. The van der Waals surface area contributed by atoms with E-state index in [1.807, 2.05) is 13.0 Å². The van der Waals surface area contributed by atoms with Crippen molar-refractivity contribution in [2.45, 2.75) is 25.9 Å². The van der Waals surface area contributed by atoms with Crippen LogP contribution >= 0.6 is 27.5 Å². The predicted molar refractivity (Wildman–Crippen MR) is 68.2 cm³/mol. The van der Waals surface area contributed by atoms with Gasteiger partial charge in [-0.2, -0.15) is 0 Å². The van der Waals surface area contributed by atoms with Crippen molar-refractivity contribution in [2.24, 2.45) is 0 Å². The molecule has 3 heteroatoms. The van der Waals surface area contributed by atoms with Crippen molar-refractivity contribution >= 4 is 27.5 Å². The van der Waals surface area contributed by atoms with E-state index >= 15 is 0 Å². The Balaban J connectivity index is 2.82. The highest BCUT2D eigenvalue weighted by molar-refractivity contribution is 9.10. The van der Waals surface area contributed by atoms with Gasteiger partial charge in [0, 0.05) is 9.50 Å². The fourth-order valence-electron chi connectivity index (χ4n) is 1.30. The van der Waals surface area contributed by atoms with E-state index in [2.05, 4.69) is 22.5 Å². The molecule has 0 heterocycles. The normalized spacial score (nSPS) is 12.5. The van der Waals surface area contributed by atoms with Crippen LogP contribution in [0.4, 0.5) is 0 Å². The molecule has 15 heavy (non-hydrogen) atoms. The highest BCUT2D eigenvalue weighted by Gasteiger charge is 2.12. The first-order valence-corrected chi connectivity index (χ1v) is 6.01.